The fourth-order valence-electron chi connectivity index (χ4n) is 5.17. The number of nitro benzene ring substituents is 1. The van der Waals surface area contributed by atoms with Crippen molar-refractivity contribution in [1.82, 2.24) is 19.8 Å². The van der Waals surface area contributed by atoms with E-state index in [1.165, 1.54) is 6.07 Å². The molecule has 2 aliphatic heterocycles. The van der Waals surface area contributed by atoms with E-state index in [9.17, 15) is 19.7 Å². The number of aryl methyl sites for hydroxylation is 1. The van der Waals surface area contributed by atoms with E-state index in [2.05, 4.69) is 21.8 Å². The SMILES string of the molecule is Cc1cnc(Cc2ccc(C(=O)CC3CCN(C)CC3)cc2[N+](=O)[O-])nc1N1CCN(C(=O)OC(C)(C)C)CC1. The number of likely N-dealkylation sites (tertiary alicyclic amines) is 1. The zero-order chi connectivity index (χ0) is 29.0. The van der Waals surface area contributed by atoms with Crippen molar-refractivity contribution in [3.63, 3.8) is 0 Å². The van der Waals surface area contributed by atoms with Crippen molar-refractivity contribution in [1.29, 1.82) is 0 Å². The van der Waals surface area contributed by atoms with Gasteiger partial charge in [-0.05, 0) is 66.6 Å². The van der Waals surface area contributed by atoms with Gasteiger partial charge in [0.05, 0.1) is 4.92 Å². The molecule has 0 atom stereocenters. The molecule has 0 N–H and O–H groups in total. The van der Waals surface area contributed by atoms with Crippen molar-refractivity contribution in [3.8, 4) is 0 Å². The summed E-state index contributed by atoms with van der Waals surface area (Å²) in [5.41, 5.74) is 1.09. The van der Waals surface area contributed by atoms with E-state index in [0.29, 0.717) is 55.5 Å². The van der Waals surface area contributed by atoms with Crippen molar-refractivity contribution in [2.24, 2.45) is 5.92 Å². The van der Waals surface area contributed by atoms with Crippen LogP contribution in [0.15, 0.2) is 24.4 Å². The second kappa shape index (κ2) is 12.3. The third-order valence-corrected chi connectivity index (χ3v) is 7.49. The van der Waals surface area contributed by atoms with Crippen LogP contribution in [0.1, 0.15) is 67.3 Å². The molecule has 2 saturated heterocycles. The number of nitrogens with zero attached hydrogens (tertiary/aromatic N) is 6. The van der Waals surface area contributed by atoms with Crippen LogP contribution < -0.4 is 4.90 Å². The molecule has 0 spiro atoms. The number of piperidine rings is 1. The van der Waals surface area contributed by atoms with Crippen molar-refractivity contribution in [2.75, 3.05) is 51.2 Å². The minimum Gasteiger partial charge on any atom is -0.444 e. The third kappa shape index (κ3) is 7.53. The summed E-state index contributed by atoms with van der Waals surface area (Å²) in [6.45, 7) is 11.6. The standard InChI is InChI=1S/C29H40N6O5/c1-20-19-30-26(31-27(20)33-12-14-34(15-13-33)28(37)40-29(2,3)4)18-22-6-7-23(17-24(22)35(38)39)25(36)16-21-8-10-32(5)11-9-21/h6-7,17,19,21H,8-16,18H2,1-5H3. The number of rotatable bonds is 7. The maximum absolute atomic E-state index is 12.9. The molecule has 11 heteroatoms. The largest absolute Gasteiger partial charge is 0.444 e. The van der Waals surface area contributed by atoms with Gasteiger partial charge in [0.2, 0.25) is 0 Å². The fourth-order valence-corrected chi connectivity index (χ4v) is 5.17. The van der Waals surface area contributed by atoms with Crippen LogP contribution in [-0.4, -0.2) is 88.5 Å². The number of aromatic nitrogens is 2. The van der Waals surface area contributed by atoms with Gasteiger partial charge < -0.3 is 19.4 Å². The number of carbonyl (C=O) groups excluding carboxylic acids is 2. The summed E-state index contributed by atoms with van der Waals surface area (Å²) in [4.78, 5) is 52.1. The van der Waals surface area contributed by atoms with Gasteiger partial charge in [-0.2, -0.15) is 0 Å². The lowest BCUT2D eigenvalue weighted by Gasteiger charge is -2.36. The quantitative estimate of drug-likeness (QED) is 0.282. The maximum atomic E-state index is 12.9. The molecule has 1 aromatic carbocycles. The number of anilines is 1. The van der Waals surface area contributed by atoms with Crippen LogP contribution in [0.3, 0.4) is 0 Å². The van der Waals surface area contributed by atoms with Gasteiger partial charge in [-0.1, -0.05) is 12.1 Å². The van der Waals surface area contributed by atoms with Gasteiger partial charge in [-0.15, -0.1) is 0 Å². The first-order valence-corrected chi connectivity index (χ1v) is 13.9. The van der Waals surface area contributed by atoms with E-state index < -0.39 is 10.5 Å². The highest BCUT2D eigenvalue weighted by atomic mass is 16.6. The maximum Gasteiger partial charge on any atom is 0.410 e. The second-order valence-electron chi connectivity index (χ2n) is 11.9. The summed E-state index contributed by atoms with van der Waals surface area (Å²) in [5, 5.41) is 12.0. The molecule has 216 valence electrons. The number of nitro groups is 1. The van der Waals surface area contributed by atoms with Gasteiger partial charge in [-0.25, -0.2) is 14.8 Å². The number of amides is 1. The summed E-state index contributed by atoms with van der Waals surface area (Å²) in [6.07, 6.45) is 3.91. The van der Waals surface area contributed by atoms with Crippen molar-refractivity contribution < 1.29 is 19.2 Å². The van der Waals surface area contributed by atoms with Gasteiger partial charge >= 0.3 is 6.09 Å². The van der Waals surface area contributed by atoms with Crippen LogP contribution in [0.5, 0.6) is 0 Å². The van der Waals surface area contributed by atoms with Gasteiger partial charge in [0.15, 0.2) is 5.78 Å². The molecule has 4 rings (SSSR count). The highest BCUT2D eigenvalue weighted by molar-refractivity contribution is 5.97. The van der Waals surface area contributed by atoms with E-state index in [0.717, 1.165) is 37.3 Å². The summed E-state index contributed by atoms with van der Waals surface area (Å²) in [5.74, 6) is 1.47. The Hall–Kier alpha value is -3.60. The first-order valence-electron chi connectivity index (χ1n) is 13.9. The molecule has 1 aromatic heterocycles. The van der Waals surface area contributed by atoms with Crippen LogP contribution in [0.2, 0.25) is 0 Å². The first kappa shape index (κ1) is 29.4. The number of ketones is 1. The minimum atomic E-state index is -0.548. The van der Waals surface area contributed by atoms with Crippen molar-refractivity contribution in [2.45, 2.75) is 59.0 Å². The Morgan fingerprint density at radius 1 is 1.10 bits per heavy atom. The Balaban J connectivity index is 1.44. The molecule has 2 aromatic rings. The van der Waals surface area contributed by atoms with E-state index in [1.54, 1.807) is 23.2 Å². The normalized spacial score (nSPS) is 17.1. The molecule has 0 bridgehead atoms. The number of piperazine rings is 1. The smallest absolute Gasteiger partial charge is 0.410 e. The highest BCUT2D eigenvalue weighted by Gasteiger charge is 2.28. The van der Waals surface area contributed by atoms with Crippen molar-refractivity contribution >= 4 is 23.4 Å². The molecule has 1 amide bonds. The lowest BCUT2D eigenvalue weighted by molar-refractivity contribution is -0.385. The molecule has 40 heavy (non-hydrogen) atoms. The fraction of sp³-hybridized carbons (Fsp3) is 0.586. The van der Waals surface area contributed by atoms with Crippen LogP contribution >= 0.6 is 0 Å². The molecular formula is C29H40N6O5. The summed E-state index contributed by atoms with van der Waals surface area (Å²) in [7, 11) is 2.08. The lowest BCUT2D eigenvalue weighted by atomic mass is 9.89. The number of hydrogen-bond donors (Lipinski definition) is 0. The minimum absolute atomic E-state index is 0.0522. The topological polar surface area (TPSA) is 122 Å². The zero-order valence-corrected chi connectivity index (χ0v) is 24.2. The average Bonchev–Trinajstić information content (AvgIpc) is 2.90. The van der Waals surface area contributed by atoms with Gasteiger partial charge in [0.1, 0.15) is 17.2 Å². The molecule has 0 radical (unpaired) electrons. The van der Waals surface area contributed by atoms with Gasteiger partial charge in [0, 0.05) is 68.0 Å². The Morgan fingerprint density at radius 3 is 2.40 bits per heavy atom. The highest BCUT2D eigenvalue weighted by Crippen LogP contribution is 2.27. The number of carbonyl (C=O) groups is 2. The number of hydrogen-bond acceptors (Lipinski definition) is 9. The van der Waals surface area contributed by atoms with E-state index in [-0.39, 0.29) is 24.0 Å². The molecule has 3 heterocycles. The van der Waals surface area contributed by atoms with Crippen LogP contribution in [0.25, 0.3) is 0 Å². The Labute approximate surface area is 235 Å². The number of Topliss-reactive ketones (excluding diaryl/α,β-unsaturated/α-hetero) is 1. The summed E-state index contributed by atoms with van der Waals surface area (Å²) < 4.78 is 5.49. The molecule has 0 saturated carbocycles. The van der Waals surface area contributed by atoms with Gasteiger partial charge in [-0.3, -0.25) is 14.9 Å². The zero-order valence-electron chi connectivity index (χ0n) is 24.2. The molecule has 0 unspecified atom stereocenters. The second-order valence-corrected chi connectivity index (χ2v) is 11.9. The molecule has 2 aliphatic rings. The van der Waals surface area contributed by atoms with Crippen LogP contribution in [-0.2, 0) is 11.2 Å². The van der Waals surface area contributed by atoms with Gasteiger partial charge in [0.25, 0.3) is 5.69 Å². The molecule has 0 aliphatic carbocycles. The number of benzene rings is 1. The third-order valence-electron chi connectivity index (χ3n) is 7.49. The molecule has 11 nitrogen and oxygen atoms in total. The monoisotopic (exact) mass is 552 g/mol. The lowest BCUT2D eigenvalue weighted by Crippen LogP contribution is -2.50. The predicted molar refractivity (Wildman–Crippen MR) is 152 cm³/mol. The van der Waals surface area contributed by atoms with Crippen LogP contribution in [0, 0.1) is 23.0 Å². The summed E-state index contributed by atoms with van der Waals surface area (Å²) in [6, 6.07) is 4.74. The first-order chi connectivity index (χ1) is 18.9. The Kier molecular flexibility index (Phi) is 9.02. The molecular weight excluding hydrogens is 512 g/mol. The van der Waals surface area contributed by atoms with E-state index in [4.69, 9.17) is 9.72 Å². The van der Waals surface area contributed by atoms with Crippen molar-refractivity contribution in [3.05, 3.63) is 57.0 Å². The van der Waals surface area contributed by atoms with E-state index >= 15 is 0 Å². The van der Waals surface area contributed by atoms with E-state index in [1.807, 2.05) is 27.7 Å². The Morgan fingerprint density at radius 2 is 1.77 bits per heavy atom. The average molecular weight is 553 g/mol. The van der Waals surface area contributed by atoms with Crippen LogP contribution in [0.4, 0.5) is 16.3 Å². The summed E-state index contributed by atoms with van der Waals surface area (Å²) >= 11 is 0. The molecule has 2 fully saturated rings. The Bertz CT molecular complexity index is 1240. The number of ether oxygens (including phenoxy) is 1. The predicted octanol–water partition coefficient (Wildman–Crippen LogP) is 4.26.